The van der Waals surface area contributed by atoms with Crippen molar-refractivity contribution >= 4 is 11.9 Å². The zero-order valence-corrected chi connectivity index (χ0v) is 13.0. The molecular weight excluding hydrogens is 268 g/mol. The van der Waals surface area contributed by atoms with Crippen molar-refractivity contribution in [2.75, 3.05) is 26.7 Å². The Bertz CT molecular complexity index is 348. The smallest absolute Gasteiger partial charge is 0.315 e. The fraction of sp³-hybridized carbons (Fsp3) is 0.867. The van der Waals surface area contributed by atoms with Gasteiger partial charge in [0.1, 0.15) is 0 Å². The van der Waals surface area contributed by atoms with Crippen LogP contribution in [-0.2, 0) is 4.79 Å². The van der Waals surface area contributed by atoms with Crippen LogP contribution in [0.2, 0.25) is 0 Å². The van der Waals surface area contributed by atoms with E-state index in [0.29, 0.717) is 12.6 Å². The predicted octanol–water partition coefficient (Wildman–Crippen LogP) is 0.829. The number of likely N-dealkylation sites (tertiary alicyclic amines) is 1. The maximum atomic E-state index is 12.0. The van der Waals surface area contributed by atoms with Gasteiger partial charge in [-0.05, 0) is 32.7 Å². The number of urea groups is 1. The number of piperidine rings is 1. The highest BCUT2D eigenvalue weighted by Crippen LogP contribution is 2.17. The monoisotopic (exact) mass is 296 g/mol. The van der Waals surface area contributed by atoms with Crippen molar-refractivity contribution in [3.63, 3.8) is 0 Å². The Balaban J connectivity index is 1.65. The molecule has 1 aliphatic heterocycles. The van der Waals surface area contributed by atoms with Gasteiger partial charge in [0.15, 0.2) is 0 Å². The Hall–Kier alpha value is -1.30. The van der Waals surface area contributed by atoms with Crippen molar-refractivity contribution in [2.45, 2.75) is 57.0 Å². The van der Waals surface area contributed by atoms with E-state index in [1.165, 1.54) is 19.3 Å². The van der Waals surface area contributed by atoms with Gasteiger partial charge in [0.25, 0.3) is 0 Å². The molecule has 1 saturated heterocycles. The summed E-state index contributed by atoms with van der Waals surface area (Å²) in [5.74, 6) is 0.141. The van der Waals surface area contributed by atoms with Crippen molar-refractivity contribution in [3.05, 3.63) is 0 Å². The Labute approximate surface area is 127 Å². The van der Waals surface area contributed by atoms with E-state index >= 15 is 0 Å². The lowest BCUT2D eigenvalue weighted by Gasteiger charge is -2.33. The highest BCUT2D eigenvalue weighted by Gasteiger charge is 2.24. The molecule has 6 heteroatoms. The van der Waals surface area contributed by atoms with Crippen molar-refractivity contribution in [1.82, 2.24) is 20.9 Å². The van der Waals surface area contributed by atoms with Crippen LogP contribution < -0.4 is 16.0 Å². The molecule has 0 aromatic rings. The molecule has 2 aliphatic rings. The van der Waals surface area contributed by atoms with Crippen LogP contribution in [0.4, 0.5) is 4.79 Å². The normalized spacial score (nSPS) is 21.1. The molecule has 21 heavy (non-hydrogen) atoms. The molecule has 1 aliphatic carbocycles. The Morgan fingerprint density at radius 3 is 2.10 bits per heavy atom. The van der Waals surface area contributed by atoms with E-state index in [1.807, 2.05) is 4.90 Å². The molecule has 6 nitrogen and oxygen atoms in total. The number of likely N-dealkylation sites (N-methyl/N-ethyl adjacent to an activating group) is 1. The van der Waals surface area contributed by atoms with E-state index in [1.54, 1.807) is 7.05 Å². The Morgan fingerprint density at radius 2 is 1.52 bits per heavy atom. The molecule has 2 rings (SSSR count). The molecule has 2 fully saturated rings. The number of nitrogens with one attached hydrogen (secondary N) is 3. The zero-order chi connectivity index (χ0) is 15.1. The molecule has 0 bridgehead atoms. The minimum Gasteiger partial charge on any atom is -0.341 e. The van der Waals surface area contributed by atoms with E-state index < -0.39 is 0 Å². The summed E-state index contributed by atoms with van der Waals surface area (Å²) in [6, 6.07) is 0.491. The third-order valence-corrected chi connectivity index (χ3v) is 4.45. The minimum atomic E-state index is -0.0399. The summed E-state index contributed by atoms with van der Waals surface area (Å²) in [6.45, 7) is 1.85. The van der Waals surface area contributed by atoms with Gasteiger partial charge in [-0.1, -0.05) is 19.3 Å². The topological polar surface area (TPSA) is 73.5 Å². The quantitative estimate of drug-likeness (QED) is 0.719. The fourth-order valence-corrected chi connectivity index (χ4v) is 3.20. The number of amides is 3. The van der Waals surface area contributed by atoms with Crippen LogP contribution in [0.15, 0.2) is 0 Å². The first-order chi connectivity index (χ1) is 10.2. The van der Waals surface area contributed by atoms with Crippen LogP contribution in [0.3, 0.4) is 0 Å². The van der Waals surface area contributed by atoms with Crippen LogP contribution in [0.5, 0.6) is 0 Å². The molecule has 0 spiro atoms. The molecule has 1 saturated carbocycles. The maximum absolute atomic E-state index is 12.0. The SMILES string of the molecule is CNCC(=O)N1CCC(NC(=O)NC2CCCCC2)CC1. The lowest BCUT2D eigenvalue weighted by Crippen LogP contribution is -2.51. The number of nitrogens with zero attached hydrogens (tertiary/aromatic N) is 1. The molecule has 3 amide bonds. The number of carbonyl (C=O) groups is 2. The van der Waals surface area contributed by atoms with Crippen molar-refractivity contribution < 1.29 is 9.59 Å². The average molecular weight is 296 g/mol. The standard InChI is InChI=1S/C15H28N4O2/c1-16-11-14(20)19-9-7-13(8-10-19)18-15(21)17-12-5-3-2-4-6-12/h12-13,16H,2-11H2,1H3,(H2,17,18,21). The lowest BCUT2D eigenvalue weighted by atomic mass is 9.96. The van der Waals surface area contributed by atoms with E-state index in [4.69, 9.17) is 0 Å². The van der Waals surface area contributed by atoms with Crippen molar-refractivity contribution in [1.29, 1.82) is 0 Å². The van der Waals surface area contributed by atoms with Gasteiger partial charge in [-0.3, -0.25) is 4.79 Å². The van der Waals surface area contributed by atoms with E-state index in [2.05, 4.69) is 16.0 Å². The maximum Gasteiger partial charge on any atom is 0.315 e. The summed E-state index contributed by atoms with van der Waals surface area (Å²) >= 11 is 0. The second-order valence-corrected chi connectivity index (χ2v) is 6.14. The van der Waals surface area contributed by atoms with Gasteiger partial charge in [-0.15, -0.1) is 0 Å². The molecular formula is C15H28N4O2. The first kappa shape index (κ1) is 16.1. The molecule has 120 valence electrons. The van der Waals surface area contributed by atoms with Crippen LogP contribution >= 0.6 is 0 Å². The second kappa shape index (κ2) is 8.22. The summed E-state index contributed by atoms with van der Waals surface area (Å²) in [5.41, 5.74) is 0. The van der Waals surface area contributed by atoms with Gasteiger partial charge in [0, 0.05) is 25.2 Å². The fourth-order valence-electron chi connectivity index (χ4n) is 3.20. The highest BCUT2D eigenvalue weighted by atomic mass is 16.2. The van der Waals surface area contributed by atoms with Gasteiger partial charge < -0.3 is 20.9 Å². The first-order valence-electron chi connectivity index (χ1n) is 8.18. The molecule has 0 aromatic heterocycles. The molecule has 0 unspecified atom stereocenters. The lowest BCUT2D eigenvalue weighted by molar-refractivity contribution is -0.131. The summed E-state index contributed by atoms with van der Waals surface area (Å²) in [5, 5.41) is 9.02. The summed E-state index contributed by atoms with van der Waals surface area (Å²) in [4.78, 5) is 25.6. The van der Waals surface area contributed by atoms with Crippen LogP contribution in [0.1, 0.15) is 44.9 Å². The van der Waals surface area contributed by atoms with Gasteiger partial charge >= 0.3 is 6.03 Å². The molecule has 0 aromatic carbocycles. The van der Waals surface area contributed by atoms with Gasteiger partial charge in [0.2, 0.25) is 5.91 Å². The van der Waals surface area contributed by atoms with Crippen LogP contribution in [0.25, 0.3) is 0 Å². The number of hydrogen-bond acceptors (Lipinski definition) is 3. The third-order valence-electron chi connectivity index (χ3n) is 4.45. The van der Waals surface area contributed by atoms with Crippen LogP contribution in [0, 0.1) is 0 Å². The summed E-state index contributed by atoms with van der Waals surface area (Å²) < 4.78 is 0. The molecule has 0 radical (unpaired) electrons. The van der Waals surface area contributed by atoms with E-state index in [-0.39, 0.29) is 18.0 Å². The predicted molar refractivity (Wildman–Crippen MR) is 82.1 cm³/mol. The van der Waals surface area contributed by atoms with Crippen molar-refractivity contribution in [3.8, 4) is 0 Å². The van der Waals surface area contributed by atoms with Gasteiger partial charge in [0.05, 0.1) is 6.54 Å². The van der Waals surface area contributed by atoms with Gasteiger partial charge in [-0.2, -0.15) is 0 Å². The van der Waals surface area contributed by atoms with Gasteiger partial charge in [-0.25, -0.2) is 4.79 Å². The minimum absolute atomic E-state index is 0.0399. The first-order valence-corrected chi connectivity index (χ1v) is 8.18. The summed E-state index contributed by atoms with van der Waals surface area (Å²) in [6.07, 6.45) is 7.61. The van der Waals surface area contributed by atoms with Crippen LogP contribution in [-0.4, -0.2) is 55.6 Å². The number of rotatable bonds is 4. The molecule has 1 heterocycles. The highest BCUT2D eigenvalue weighted by molar-refractivity contribution is 5.78. The van der Waals surface area contributed by atoms with E-state index in [9.17, 15) is 9.59 Å². The molecule has 0 atom stereocenters. The number of hydrogen-bond donors (Lipinski definition) is 3. The Morgan fingerprint density at radius 1 is 0.952 bits per heavy atom. The van der Waals surface area contributed by atoms with Crippen molar-refractivity contribution in [2.24, 2.45) is 0 Å². The summed E-state index contributed by atoms with van der Waals surface area (Å²) in [7, 11) is 1.78. The Kier molecular flexibility index (Phi) is 6.29. The average Bonchev–Trinajstić information content (AvgIpc) is 2.49. The second-order valence-electron chi connectivity index (χ2n) is 6.14. The van der Waals surface area contributed by atoms with E-state index in [0.717, 1.165) is 38.8 Å². The third kappa shape index (κ3) is 5.19. The molecule has 3 N–H and O–H groups in total. The number of carbonyl (C=O) groups excluding carboxylic acids is 2. The largest absolute Gasteiger partial charge is 0.341 e. The zero-order valence-electron chi connectivity index (χ0n) is 13.0.